The van der Waals surface area contributed by atoms with E-state index in [1.54, 1.807) is 11.3 Å². The van der Waals surface area contributed by atoms with Crippen LogP contribution in [0.2, 0.25) is 0 Å². The van der Waals surface area contributed by atoms with Crippen molar-refractivity contribution in [3.8, 4) is 16.3 Å². The molecule has 4 rings (SSSR count). The summed E-state index contributed by atoms with van der Waals surface area (Å²) in [5.41, 5.74) is 2.46. The number of halogens is 1. The van der Waals surface area contributed by atoms with Crippen molar-refractivity contribution in [3.05, 3.63) is 59.6 Å². The Labute approximate surface area is 182 Å². The number of thiophene rings is 1. The van der Waals surface area contributed by atoms with Crippen molar-refractivity contribution in [2.75, 3.05) is 19.6 Å². The minimum absolute atomic E-state index is 0. The van der Waals surface area contributed by atoms with Crippen LogP contribution in [0.25, 0.3) is 16.3 Å². The first-order chi connectivity index (χ1) is 13.8. The third kappa shape index (κ3) is 4.71. The molecule has 1 saturated heterocycles. The lowest BCUT2D eigenvalue weighted by Crippen LogP contribution is -2.46. The molecule has 0 radical (unpaired) electrons. The van der Waals surface area contributed by atoms with E-state index in [-0.39, 0.29) is 18.3 Å². The maximum Gasteiger partial charge on any atom is 0.274 e. The van der Waals surface area contributed by atoms with Crippen LogP contribution >= 0.6 is 23.7 Å². The van der Waals surface area contributed by atoms with Crippen molar-refractivity contribution in [2.45, 2.75) is 32.2 Å². The SMILES string of the molecule is CCCN(C(=O)c1cc(-c2cccs2)n(-c2ccccc2)n1)C1CCNCC1.Cl. The van der Waals surface area contributed by atoms with Gasteiger partial charge in [0.2, 0.25) is 0 Å². The van der Waals surface area contributed by atoms with E-state index in [4.69, 9.17) is 5.10 Å². The van der Waals surface area contributed by atoms with Crippen molar-refractivity contribution in [1.82, 2.24) is 20.0 Å². The number of amides is 1. The summed E-state index contributed by atoms with van der Waals surface area (Å²) >= 11 is 1.66. The van der Waals surface area contributed by atoms with E-state index in [0.29, 0.717) is 11.7 Å². The van der Waals surface area contributed by atoms with Crippen LogP contribution in [0, 0.1) is 0 Å². The van der Waals surface area contributed by atoms with Gasteiger partial charge in [-0.25, -0.2) is 4.68 Å². The molecular formula is C22H27ClN4OS. The molecule has 1 N–H and O–H groups in total. The topological polar surface area (TPSA) is 50.2 Å². The van der Waals surface area contributed by atoms with Gasteiger partial charge in [-0.1, -0.05) is 31.2 Å². The predicted molar refractivity (Wildman–Crippen MR) is 121 cm³/mol. The zero-order valence-corrected chi connectivity index (χ0v) is 18.2. The van der Waals surface area contributed by atoms with Gasteiger partial charge >= 0.3 is 0 Å². The summed E-state index contributed by atoms with van der Waals surface area (Å²) in [6.45, 7) is 4.84. The van der Waals surface area contributed by atoms with E-state index in [0.717, 1.165) is 55.2 Å². The molecule has 0 saturated carbocycles. The molecule has 1 aliphatic heterocycles. The molecule has 0 atom stereocenters. The van der Waals surface area contributed by atoms with E-state index < -0.39 is 0 Å². The Kier molecular flexibility index (Phi) is 7.47. The quantitative estimate of drug-likeness (QED) is 0.620. The second-order valence-corrected chi connectivity index (χ2v) is 8.07. The zero-order chi connectivity index (χ0) is 19.3. The Morgan fingerprint density at radius 3 is 2.62 bits per heavy atom. The van der Waals surface area contributed by atoms with Crippen LogP contribution in [-0.2, 0) is 0 Å². The van der Waals surface area contributed by atoms with Gasteiger partial charge in [-0.2, -0.15) is 5.10 Å². The molecule has 7 heteroatoms. The molecule has 1 aliphatic rings. The number of aromatic nitrogens is 2. The van der Waals surface area contributed by atoms with E-state index in [9.17, 15) is 4.79 Å². The standard InChI is InChI=1S/C22H26N4OS.ClH/c1-2-14-25(17-10-12-23-13-11-17)22(27)19-16-20(21-9-6-15-28-21)26(24-19)18-7-4-3-5-8-18;/h3-9,15-17,23H,2,10-14H2,1H3;1H. The lowest BCUT2D eigenvalue weighted by Gasteiger charge is -2.34. The minimum Gasteiger partial charge on any atom is -0.334 e. The number of carbonyl (C=O) groups is 1. The fraction of sp³-hybridized carbons (Fsp3) is 0.364. The van der Waals surface area contributed by atoms with Crippen LogP contribution < -0.4 is 5.32 Å². The number of rotatable bonds is 6. The number of nitrogens with one attached hydrogen (secondary N) is 1. The molecule has 5 nitrogen and oxygen atoms in total. The fourth-order valence-electron chi connectivity index (χ4n) is 3.81. The largest absolute Gasteiger partial charge is 0.334 e. The van der Waals surface area contributed by atoms with Crippen LogP contribution in [0.3, 0.4) is 0 Å². The highest BCUT2D eigenvalue weighted by molar-refractivity contribution is 7.13. The maximum atomic E-state index is 13.4. The van der Waals surface area contributed by atoms with E-state index in [2.05, 4.69) is 23.7 Å². The molecule has 0 aliphatic carbocycles. The number of hydrogen-bond acceptors (Lipinski definition) is 4. The third-order valence-electron chi connectivity index (χ3n) is 5.18. The fourth-order valence-corrected chi connectivity index (χ4v) is 4.53. The number of nitrogens with zero attached hydrogens (tertiary/aromatic N) is 3. The zero-order valence-electron chi connectivity index (χ0n) is 16.6. The van der Waals surface area contributed by atoms with Crippen molar-refractivity contribution in [3.63, 3.8) is 0 Å². The summed E-state index contributed by atoms with van der Waals surface area (Å²) in [6.07, 6.45) is 2.96. The molecule has 29 heavy (non-hydrogen) atoms. The normalized spacial score (nSPS) is 14.4. The first kappa shape index (κ1) is 21.6. The first-order valence-electron chi connectivity index (χ1n) is 9.99. The summed E-state index contributed by atoms with van der Waals surface area (Å²) < 4.78 is 1.89. The van der Waals surface area contributed by atoms with Crippen LogP contribution in [0.5, 0.6) is 0 Å². The van der Waals surface area contributed by atoms with Crippen LogP contribution in [0.1, 0.15) is 36.7 Å². The molecule has 1 fully saturated rings. The average molecular weight is 431 g/mol. The molecule has 1 aromatic carbocycles. The molecular weight excluding hydrogens is 404 g/mol. The second kappa shape index (κ2) is 10.1. The summed E-state index contributed by atoms with van der Waals surface area (Å²) in [5.74, 6) is 0.0428. The van der Waals surface area contributed by atoms with E-state index in [1.807, 2.05) is 52.0 Å². The number of para-hydroxylation sites is 1. The molecule has 2 aromatic heterocycles. The molecule has 0 unspecified atom stereocenters. The lowest BCUT2D eigenvalue weighted by molar-refractivity contribution is 0.0636. The molecule has 0 bridgehead atoms. The number of carbonyl (C=O) groups excluding carboxylic acids is 1. The molecule has 3 aromatic rings. The predicted octanol–water partition coefficient (Wildman–Crippen LogP) is 4.63. The van der Waals surface area contributed by atoms with Gasteiger partial charge in [0.05, 0.1) is 16.3 Å². The summed E-state index contributed by atoms with van der Waals surface area (Å²) in [5, 5.41) is 10.2. The second-order valence-electron chi connectivity index (χ2n) is 7.12. The summed E-state index contributed by atoms with van der Waals surface area (Å²) in [4.78, 5) is 16.6. The number of hydrogen-bond donors (Lipinski definition) is 1. The third-order valence-corrected chi connectivity index (χ3v) is 6.07. The smallest absolute Gasteiger partial charge is 0.274 e. The van der Waals surface area contributed by atoms with Gasteiger partial charge in [0, 0.05) is 12.6 Å². The van der Waals surface area contributed by atoms with Gasteiger partial charge in [0.1, 0.15) is 0 Å². The first-order valence-corrected chi connectivity index (χ1v) is 10.9. The van der Waals surface area contributed by atoms with Gasteiger partial charge in [0.15, 0.2) is 5.69 Å². The van der Waals surface area contributed by atoms with Crippen LogP contribution in [-0.4, -0.2) is 46.3 Å². The van der Waals surface area contributed by atoms with Gasteiger partial charge in [-0.05, 0) is 62.0 Å². The van der Waals surface area contributed by atoms with Gasteiger partial charge in [-0.15, -0.1) is 23.7 Å². The Morgan fingerprint density at radius 2 is 1.97 bits per heavy atom. The Balaban J connectivity index is 0.00000240. The summed E-state index contributed by atoms with van der Waals surface area (Å²) in [6, 6.07) is 16.4. The highest BCUT2D eigenvalue weighted by atomic mass is 35.5. The van der Waals surface area contributed by atoms with Gasteiger partial charge < -0.3 is 10.2 Å². The van der Waals surface area contributed by atoms with Crippen LogP contribution in [0.4, 0.5) is 0 Å². The van der Waals surface area contributed by atoms with Crippen molar-refractivity contribution in [2.24, 2.45) is 0 Å². The summed E-state index contributed by atoms with van der Waals surface area (Å²) in [7, 11) is 0. The lowest BCUT2D eigenvalue weighted by atomic mass is 10.0. The molecule has 0 spiro atoms. The van der Waals surface area contributed by atoms with Crippen LogP contribution in [0.15, 0.2) is 53.9 Å². The van der Waals surface area contributed by atoms with Crippen molar-refractivity contribution >= 4 is 29.7 Å². The van der Waals surface area contributed by atoms with Gasteiger partial charge in [0.25, 0.3) is 5.91 Å². The Morgan fingerprint density at radius 1 is 1.21 bits per heavy atom. The Bertz CT molecular complexity index is 904. The van der Waals surface area contributed by atoms with E-state index in [1.165, 1.54) is 0 Å². The van der Waals surface area contributed by atoms with Crippen molar-refractivity contribution in [1.29, 1.82) is 0 Å². The minimum atomic E-state index is 0. The highest BCUT2D eigenvalue weighted by Gasteiger charge is 2.28. The van der Waals surface area contributed by atoms with E-state index >= 15 is 0 Å². The number of benzene rings is 1. The molecule has 154 valence electrons. The van der Waals surface area contributed by atoms with Crippen molar-refractivity contribution < 1.29 is 4.79 Å². The highest BCUT2D eigenvalue weighted by Crippen LogP contribution is 2.29. The Hall–Kier alpha value is -2.15. The van der Waals surface area contributed by atoms with Gasteiger partial charge in [-0.3, -0.25) is 4.79 Å². The monoisotopic (exact) mass is 430 g/mol. The number of piperidine rings is 1. The molecule has 1 amide bonds. The maximum absolute atomic E-state index is 13.4. The average Bonchev–Trinajstić information content (AvgIpc) is 3.42. The molecule has 3 heterocycles.